The first-order chi connectivity index (χ1) is 13.9. The Morgan fingerprint density at radius 2 is 1.00 bits per heavy atom. The monoisotopic (exact) mass is 592 g/mol. The maximum absolute atomic E-state index is 14.3. The summed E-state index contributed by atoms with van der Waals surface area (Å²) >= 11 is 1.35. The Kier molecular flexibility index (Phi) is 11.9. The maximum atomic E-state index is 14.3. The minimum Gasteiger partial charge on any atom is -0.199 e. The number of unbranched alkanes of at least 4 members (excludes halogenated alkanes) is 7. The highest BCUT2D eigenvalue weighted by molar-refractivity contribution is 14.1. The largest absolute Gasteiger partial charge is 0.460 e. The molecule has 0 aromatic carbocycles. The quantitative estimate of drug-likeness (QED) is 0.0770. The van der Waals surface area contributed by atoms with Crippen molar-refractivity contribution < 1.29 is 48.3 Å². The van der Waals surface area contributed by atoms with Crippen LogP contribution in [0.15, 0.2) is 0 Å². The second-order valence-corrected chi connectivity index (χ2v) is 9.24. The Hall–Kier alpha value is -0.0400. The second-order valence-electron chi connectivity index (χ2n) is 7.64. The molecule has 0 bridgehead atoms. The van der Waals surface area contributed by atoms with Crippen molar-refractivity contribution in [2.45, 2.75) is 112 Å². The first-order valence-electron chi connectivity index (χ1n) is 10.1. The van der Waals surface area contributed by atoms with Crippen LogP contribution in [0.3, 0.4) is 0 Å². The fourth-order valence-corrected chi connectivity index (χ4v) is 4.63. The molecule has 0 spiro atoms. The molecule has 31 heavy (non-hydrogen) atoms. The molecule has 0 amide bonds. The number of hydrogen-bond donors (Lipinski definition) is 0. The van der Waals surface area contributed by atoms with Gasteiger partial charge in [-0.25, -0.2) is 0 Å². The molecule has 0 nitrogen and oxygen atoms in total. The molecule has 2 unspecified atom stereocenters. The fourth-order valence-electron chi connectivity index (χ4n) is 3.23. The highest BCUT2D eigenvalue weighted by Gasteiger charge is 2.87. The zero-order chi connectivity index (χ0) is 24.7. The zero-order valence-corrected chi connectivity index (χ0v) is 19.4. The van der Waals surface area contributed by atoms with Crippen LogP contribution in [0.2, 0.25) is 0 Å². The lowest BCUT2D eigenvalue weighted by Crippen LogP contribution is -2.68. The third-order valence-corrected chi connectivity index (χ3v) is 6.73. The van der Waals surface area contributed by atoms with Gasteiger partial charge in [0.25, 0.3) is 0 Å². The van der Waals surface area contributed by atoms with Gasteiger partial charge in [-0.2, -0.15) is 48.3 Å². The number of alkyl halides is 12. The summed E-state index contributed by atoms with van der Waals surface area (Å²) in [5.74, 6) is -29.9. The molecule has 0 aromatic rings. The van der Waals surface area contributed by atoms with E-state index in [1.54, 1.807) is 0 Å². The highest BCUT2D eigenvalue weighted by atomic mass is 127. The van der Waals surface area contributed by atoms with E-state index in [1.165, 1.54) is 22.6 Å². The van der Waals surface area contributed by atoms with Gasteiger partial charge in [0.2, 0.25) is 0 Å². The van der Waals surface area contributed by atoms with Crippen molar-refractivity contribution >= 4 is 22.6 Å². The Balaban J connectivity index is 5.25. The maximum Gasteiger partial charge on any atom is 0.460 e. The van der Waals surface area contributed by atoms with Crippen molar-refractivity contribution in [1.29, 1.82) is 0 Å². The molecule has 0 saturated heterocycles. The van der Waals surface area contributed by atoms with Gasteiger partial charge >= 0.3 is 29.9 Å². The van der Waals surface area contributed by atoms with Crippen molar-refractivity contribution in [3.63, 3.8) is 0 Å². The van der Waals surface area contributed by atoms with Gasteiger partial charge in [0.15, 0.2) is 0 Å². The fraction of sp³-hybridized carbons (Fsp3) is 1.00. The molecule has 0 aromatic heterocycles. The van der Waals surface area contributed by atoms with Crippen LogP contribution in [0.4, 0.5) is 48.3 Å². The van der Waals surface area contributed by atoms with Crippen LogP contribution >= 0.6 is 22.6 Å². The molecule has 2 atom stereocenters. The average Bonchev–Trinajstić information content (AvgIpc) is 2.62. The second kappa shape index (κ2) is 11.9. The minimum atomic E-state index is -7.33. The Bertz CT molecular complexity index is 517. The Labute approximate surface area is 188 Å². The molecule has 0 N–H and O–H groups in total. The molecular formula is C19H28F11I. The highest BCUT2D eigenvalue weighted by Crippen LogP contribution is 2.59. The topological polar surface area (TPSA) is 0 Å². The van der Waals surface area contributed by atoms with E-state index in [9.17, 15) is 48.3 Å². The zero-order valence-electron chi connectivity index (χ0n) is 17.3. The van der Waals surface area contributed by atoms with Crippen LogP contribution in [-0.2, 0) is 0 Å². The molecule has 0 aliphatic rings. The lowest BCUT2D eigenvalue weighted by molar-refractivity contribution is -0.426. The van der Waals surface area contributed by atoms with Gasteiger partial charge in [0.1, 0.15) is 0 Å². The summed E-state index contributed by atoms with van der Waals surface area (Å²) in [5.41, 5.74) is 0. The van der Waals surface area contributed by atoms with Crippen LogP contribution < -0.4 is 0 Å². The van der Waals surface area contributed by atoms with Gasteiger partial charge in [-0.05, 0) is 12.8 Å². The Morgan fingerprint density at radius 1 is 0.581 bits per heavy atom. The van der Waals surface area contributed by atoms with E-state index in [0.29, 0.717) is 12.8 Å². The molecule has 0 saturated carbocycles. The molecule has 0 radical (unpaired) electrons. The van der Waals surface area contributed by atoms with Gasteiger partial charge in [0, 0.05) is 9.84 Å². The minimum absolute atomic E-state index is 0.0824. The van der Waals surface area contributed by atoms with E-state index in [-0.39, 0.29) is 6.42 Å². The van der Waals surface area contributed by atoms with Crippen molar-refractivity contribution in [1.82, 2.24) is 0 Å². The summed E-state index contributed by atoms with van der Waals surface area (Å²) < 4.78 is 145. The van der Waals surface area contributed by atoms with Crippen molar-refractivity contribution in [2.75, 3.05) is 0 Å². The van der Waals surface area contributed by atoms with E-state index in [2.05, 4.69) is 0 Å². The van der Waals surface area contributed by atoms with E-state index >= 15 is 0 Å². The van der Waals surface area contributed by atoms with Gasteiger partial charge in [-0.15, -0.1) is 0 Å². The van der Waals surface area contributed by atoms with Gasteiger partial charge in [-0.3, -0.25) is 0 Å². The van der Waals surface area contributed by atoms with Gasteiger partial charge < -0.3 is 0 Å². The molecule has 12 heteroatoms. The van der Waals surface area contributed by atoms with Gasteiger partial charge in [0.05, 0.1) is 0 Å². The summed E-state index contributed by atoms with van der Waals surface area (Å²) in [6.45, 7) is 3.01. The lowest BCUT2D eigenvalue weighted by Gasteiger charge is -2.41. The van der Waals surface area contributed by atoms with E-state index in [4.69, 9.17) is 0 Å². The summed E-state index contributed by atoms with van der Waals surface area (Å²) in [6, 6.07) is 0. The predicted molar refractivity (Wildman–Crippen MR) is 105 cm³/mol. The normalized spacial score (nSPS) is 16.5. The summed E-state index contributed by atoms with van der Waals surface area (Å²) in [6.07, 6.45) is -1.33. The first kappa shape index (κ1) is 31.0. The van der Waals surface area contributed by atoms with E-state index in [1.807, 2.05) is 6.92 Å². The third-order valence-electron chi connectivity index (χ3n) is 5.24. The van der Waals surface area contributed by atoms with Crippen LogP contribution in [0, 0.1) is 5.92 Å². The van der Waals surface area contributed by atoms with Crippen LogP contribution in [0.5, 0.6) is 0 Å². The van der Waals surface area contributed by atoms with Crippen LogP contribution in [-0.4, -0.2) is 33.8 Å². The number of halogens is 12. The Morgan fingerprint density at radius 3 is 1.39 bits per heavy atom. The molecule has 0 heterocycles. The summed E-state index contributed by atoms with van der Waals surface area (Å²) in [4.78, 5) is 0. The SMILES string of the molecule is CCCCCCCCCCC(I)C(CC)C(F)(F)C(F)(F)C(F)(F)C(F)(F)C(F)(F)F. The van der Waals surface area contributed by atoms with Crippen molar-refractivity contribution in [3.05, 3.63) is 0 Å². The van der Waals surface area contributed by atoms with Crippen molar-refractivity contribution in [2.24, 2.45) is 5.92 Å². The van der Waals surface area contributed by atoms with E-state index in [0.717, 1.165) is 45.4 Å². The molecule has 188 valence electrons. The summed E-state index contributed by atoms with van der Waals surface area (Å²) in [7, 11) is 0. The molecule has 0 aliphatic heterocycles. The van der Waals surface area contributed by atoms with Crippen LogP contribution in [0.1, 0.15) is 78.1 Å². The predicted octanol–water partition coefficient (Wildman–Crippen LogP) is 9.45. The molecule has 0 aliphatic carbocycles. The number of rotatable bonds is 15. The van der Waals surface area contributed by atoms with Crippen LogP contribution in [0.25, 0.3) is 0 Å². The standard InChI is InChI=1S/C19H28F11I/c1-3-5-6-7-8-9-10-11-12-14(31)13(4-2)15(20,21)16(22,23)17(24,25)18(26,27)19(28,29)30/h13-14H,3-12H2,1-2H3. The van der Waals surface area contributed by atoms with Gasteiger partial charge in [-0.1, -0.05) is 87.8 Å². The molecule has 0 rings (SSSR count). The first-order valence-corrected chi connectivity index (χ1v) is 11.4. The lowest BCUT2D eigenvalue weighted by atomic mass is 9.84. The smallest absolute Gasteiger partial charge is 0.199 e. The summed E-state index contributed by atoms with van der Waals surface area (Å²) in [5, 5.41) is 0. The van der Waals surface area contributed by atoms with E-state index < -0.39 is 46.1 Å². The number of hydrogen-bond acceptors (Lipinski definition) is 0. The third kappa shape index (κ3) is 6.97. The molecular weight excluding hydrogens is 564 g/mol. The van der Waals surface area contributed by atoms with Crippen molar-refractivity contribution in [3.8, 4) is 0 Å². The average molecular weight is 592 g/mol. The molecule has 0 fully saturated rings.